The molecule has 1 fully saturated rings. The Hall–Kier alpha value is -1.53. The van der Waals surface area contributed by atoms with Gasteiger partial charge in [-0.05, 0) is 37.5 Å². The highest BCUT2D eigenvalue weighted by atomic mass is 19.1. The summed E-state index contributed by atoms with van der Waals surface area (Å²) in [6, 6.07) is 3.80. The molecule has 1 heterocycles. The lowest BCUT2D eigenvalue weighted by Gasteiger charge is -2.34. The monoisotopic (exact) mass is 325 g/mol. The summed E-state index contributed by atoms with van der Waals surface area (Å²) >= 11 is 0. The average Bonchev–Trinajstić information content (AvgIpc) is 2.48. The van der Waals surface area contributed by atoms with Crippen LogP contribution < -0.4 is 5.32 Å². The van der Waals surface area contributed by atoms with Gasteiger partial charge in [-0.15, -0.1) is 0 Å². The summed E-state index contributed by atoms with van der Waals surface area (Å²) < 4.78 is 26.6. The Kier molecular flexibility index (Phi) is 6.07. The molecule has 1 aromatic rings. The summed E-state index contributed by atoms with van der Waals surface area (Å²) in [7, 11) is 3.52. The minimum Gasteiger partial charge on any atom is -0.348 e. The number of rotatable bonds is 5. The first-order valence-corrected chi connectivity index (χ1v) is 7.99. The van der Waals surface area contributed by atoms with Crippen LogP contribution in [0.15, 0.2) is 18.2 Å². The molecule has 6 heteroatoms. The number of hydrogen-bond acceptors (Lipinski definition) is 3. The van der Waals surface area contributed by atoms with E-state index in [0.29, 0.717) is 18.2 Å². The van der Waals surface area contributed by atoms with Gasteiger partial charge in [-0.3, -0.25) is 9.69 Å². The predicted octanol–water partition coefficient (Wildman–Crippen LogP) is 2.17. The van der Waals surface area contributed by atoms with E-state index in [-0.39, 0.29) is 11.9 Å². The van der Waals surface area contributed by atoms with Crippen molar-refractivity contribution in [2.75, 3.05) is 33.7 Å². The molecule has 23 heavy (non-hydrogen) atoms. The van der Waals surface area contributed by atoms with Crippen molar-refractivity contribution >= 4 is 5.91 Å². The highest BCUT2D eigenvalue weighted by Gasteiger charge is 2.22. The molecule has 0 unspecified atom stereocenters. The predicted molar refractivity (Wildman–Crippen MR) is 86.1 cm³/mol. The Labute approximate surface area is 136 Å². The first-order chi connectivity index (χ1) is 10.8. The van der Waals surface area contributed by atoms with Gasteiger partial charge in [-0.1, -0.05) is 0 Å². The number of nitrogens with zero attached hydrogens (tertiary/aromatic N) is 2. The van der Waals surface area contributed by atoms with E-state index in [1.54, 1.807) is 19.0 Å². The fourth-order valence-corrected chi connectivity index (χ4v) is 2.87. The van der Waals surface area contributed by atoms with Gasteiger partial charge < -0.3 is 10.2 Å². The van der Waals surface area contributed by atoms with Crippen LogP contribution in [0.4, 0.5) is 8.78 Å². The molecule has 0 aromatic heterocycles. The zero-order valence-corrected chi connectivity index (χ0v) is 14.0. The molecule has 1 aliphatic rings. The van der Waals surface area contributed by atoms with Gasteiger partial charge in [0.25, 0.3) is 0 Å². The molecule has 4 nitrogen and oxygen atoms in total. The maximum atomic E-state index is 13.3. The van der Waals surface area contributed by atoms with Crippen LogP contribution in [0.3, 0.4) is 0 Å². The van der Waals surface area contributed by atoms with E-state index in [4.69, 9.17) is 0 Å². The van der Waals surface area contributed by atoms with E-state index >= 15 is 0 Å². The summed E-state index contributed by atoms with van der Waals surface area (Å²) in [5.74, 6) is -0.989. The van der Waals surface area contributed by atoms with E-state index in [0.717, 1.165) is 32.0 Å². The highest BCUT2D eigenvalue weighted by molar-refractivity contribution is 5.77. The zero-order chi connectivity index (χ0) is 17.0. The number of piperidine rings is 1. The van der Waals surface area contributed by atoms with Crippen molar-refractivity contribution in [2.24, 2.45) is 0 Å². The number of likely N-dealkylation sites (N-methyl/N-ethyl adjacent to an activating group) is 1. The largest absolute Gasteiger partial charge is 0.348 e. The van der Waals surface area contributed by atoms with E-state index in [1.165, 1.54) is 12.1 Å². The van der Waals surface area contributed by atoms with Crippen LogP contribution in [0.25, 0.3) is 0 Å². The summed E-state index contributed by atoms with van der Waals surface area (Å²) in [5, 5.41) is 3.43. The van der Waals surface area contributed by atoms with Crippen LogP contribution in [0.1, 0.15) is 31.4 Å². The number of amides is 1. The molecule has 0 saturated carbocycles. The molecule has 1 saturated heterocycles. The highest BCUT2D eigenvalue weighted by Crippen LogP contribution is 2.19. The van der Waals surface area contributed by atoms with Crippen LogP contribution in [-0.2, 0) is 4.79 Å². The lowest BCUT2D eigenvalue weighted by atomic mass is 10.0. The Morgan fingerprint density at radius 2 is 1.83 bits per heavy atom. The van der Waals surface area contributed by atoms with Crippen LogP contribution in [0.2, 0.25) is 0 Å². The number of halogens is 2. The Bertz CT molecular complexity index is 522. The van der Waals surface area contributed by atoms with Crippen molar-refractivity contribution in [3.05, 3.63) is 35.4 Å². The molecule has 1 amide bonds. The van der Waals surface area contributed by atoms with Gasteiger partial charge in [0.2, 0.25) is 5.91 Å². The molecule has 1 N–H and O–H groups in total. The maximum absolute atomic E-state index is 13.3. The average molecular weight is 325 g/mol. The number of carbonyl (C=O) groups excluding carboxylic acids is 1. The second-order valence-corrected chi connectivity index (χ2v) is 6.43. The summed E-state index contributed by atoms with van der Waals surface area (Å²) in [5.41, 5.74) is 0.618. The minimum atomic E-state index is -0.550. The van der Waals surface area contributed by atoms with Crippen molar-refractivity contribution in [2.45, 2.75) is 31.8 Å². The number of benzene rings is 1. The molecule has 0 radical (unpaired) electrons. The van der Waals surface area contributed by atoms with E-state index in [1.807, 2.05) is 6.92 Å². The third kappa shape index (κ3) is 5.25. The third-order valence-electron chi connectivity index (χ3n) is 4.32. The Morgan fingerprint density at radius 3 is 2.35 bits per heavy atom. The van der Waals surface area contributed by atoms with Crippen molar-refractivity contribution in [3.63, 3.8) is 0 Å². The molecule has 2 rings (SSSR count). The van der Waals surface area contributed by atoms with Gasteiger partial charge in [0.1, 0.15) is 11.6 Å². The number of nitrogens with one attached hydrogen (secondary N) is 1. The van der Waals surface area contributed by atoms with Gasteiger partial charge in [-0.2, -0.15) is 0 Å². The van der Waals surface area contributed by atoms with E-state index < -0.39 is 11.6 Å². The van der Waals surface area contributed by atoms with Gasteiger partial charge in [0.05, 0.1) is 6.54 Å². The summed E-state index contributed by atoms with van der Waals surface area (Å²) in [6.07, 6.45) is 1.84. The fourth-order valence-electron chi connectivity index (χ4n) is 2.87. The lowest BCUT2D eigenvalue weighted by Crippen LogP contribution is -2.46. The van der Waals surface area contributed by atoms with Gasteiger partial charge in [0.15, 0.2) is 0 Å². The third-order valence-corrected chi connectivity index (χ3v) is 4.32. The Morgan fingerprint density at radius 1 is 1.26 bits per heavy atom. The second kappa shape index (κ2) is 7.84. The molecule has 0 aliphatic carbocycles. The smallest absolute Gasteiger partial charge is 0.236 e. The van der Waals surface area contributed by atoms with Crippen LogP contribution >= 0.6 is 0 Å². The van der Waals surface area contributed by atoms with Crippen LogP contribution in [0, 0.1) is 11.6 Å². The molecule has 1 aromatic carbocycles. The minimum absolute atomic E-state index is 0.111. The quantitative estimate of drug-likeness (QED) is 0.901. The second-order valence-electron chi connectivity index (χ2n) is 6.43. The Balaban J connectivity index is 1.83. The molecule has 0 bridgehead atoms. The molecule has 128 valence electrons. The zero-order valence-electron chi connectivity index (χ0n) is 14.0. The number of likely N-dealkylation sites (tertiary alicyclic amines) is 1. The van der Waals surface area contributed by atoms with Crippen molar-refractivity contribution in [1.82, 2.24) is 15.1 Å². The first-order valence-electron chi connectivity index (χ1n) is 7.99. The number of hydrogen-bond donors (Lipinski definition) is 1. The van der Waals surface area contributed by atoms with Gasteiger partial charge in [-0.25, -0.2) is 8.78 Å². The molecule has 0 spiro atoms. The molecule has 1 atom stereocenters. The van der Waals surface area contributed by atoms with E-state index in [9.17, 15) is 13.6 Å². The molecular formula is C17H25F2N3O. The molecule has 1 aliphatic heterocycles. The summed E-state index contributed by atoms with van der Waals surface area (Å²) in [6.45, 7) is 4.06. The maximum Gasteiger partial charge on any atom is 0.236 e. The lowest BCUT2D eigenvalue weighted by molar-refractivity contribution is -0.130. The van der Waals surface area contributed by atoms with Gasteiger partial charge >= 0.3 is 0 Å². The normalized spacial score (nSPS) is 18.0. The van der Waals surface area contributed by atoms with Crippen molar-refractivity contribution in [3.8, 4) is 0 Å². The van der Waals surface area contributed by atoms with Crippen LogP contribution in [0.5, 0.6) is 0 Å². The fraction of sp³-hybridized carbons (Fsp3) is 0.588. The SMILES string of the molecule is C[C@H](NC1CCN(CC(=O)N(C)C)CC1)c1cc(F)cc(F)c1. The standard InChI is InChI=1S/C17H25F2N3O/c1-12(13-8-14(18)10-15(19)9-13)20-16-4-6-22(7-5-16)11-17(23)21(2)3/h8-10,12,16,20H,4-7,11H2,1-3H3/t12-/m0/s1. The van der Waals surface area contributed by atoms with Crippen LogP contribution in [-0.4, -0.2) is 55.5 Å². The molecular weight excluding hydrogens is 300 g/mol. The number of carbonyl (C=O) groups is 1. The van der Waals surface area contributed by atoms with E-state index in [2.05, 4.69) is 10.2 Å². The van der Waals surface area contributed by atoms with Crippen molar-refractivity contribution < 1.29 is 13.6 Å². The topological polar surface area (TPSA) is 35.6 Å². The van der Waals surface area contributed by atoms with Gasteiger partial charge in [0, 0.05) is 45.3 Å². The summed E-state index contributed by atoms with van der Waals surface area (Å²) in [4.78, 5) is 15.5. The first kappa shape index (κ1) is 17.8. The van der Waals surface area contributed by atoms with Crippen molar-refractivity contribution in [1.29, 1.82) is 0 Å².